The lowest BCUT2D eigenvalue weighted by Crippen LogP contribution is -2.15. The van der Waals surface area contributed by atoms with Crippen molar-refractivity contribution in [3.8, 4) is 0 Å². The van der Waals surface area contributed by atoms with Crippen LogP contribution in [-0.4, -0.2) is 22.0 Å². The maximum Gasteiger partial charge on any atom is 0.337 e. The number of benzene rings is 1. The first kappa shape index (κ1) is 15.5. The van der Waals surface area contributed by atoms with Gasteiger partial charge in [-0.2, -0.15) is 0 Å². The Morgan fingerprint density at radius 2 is 2.00 bits per heavy atom. The summed E-state index contributed by atoms with van der Waals surface area (Å²) < 4.78 is 0.612. The molecule has 0 unspecified atom stereocenters. The van der Waals surface area contributed by atoms with Crippen molar-refractivity contribution >= 4 is 45.1 Å². The number of pyridine rings is 1. The van der Waals surface area contributed by atoms with Crippen LogP contribution in [0.25, 0.3) is 0 Å². The quantitative estimate of drug-likeness (QED) is 0.808. The summed E-state index contributed by atoms with van der Waals surface area (Å²) in [4.78, 5) is 27.3. The zero-order chi connectivity index (χ0) is 15.6. The molecule has 108 valence electrons. The molecule has 0 aliphatic carbocycles. The van der Waals surface area contributed by atoms with Gasteiger partial charge in [0.15, 0.2) is 0 Å². The number of hydrogen-bond acceptors (Lipinski definition) is 3. The molecular weight excluding hydrogens is 360 g/mol. The van der Waals surface area contributed by atoms with E-state index in [0.717, 1.165) is 0 Å². The Morgan fingerprint density at radius 3 is 2.62 bits per heavy atom. The Bertz CT molecular complexity index is 714. The van der Waals surface area contributed by atoms with Crippen LogP contribution < -0.4 is 5.32 Å². The fourth-order valence-corrected chi connectivity index (χ4v) is 2.37. The monoisotopic (exact) mass is 368 g/mol. The van der Waals surface area contributed by atoms with Crippen molar-refractivity contribution in [3.05, 3.63) is 56.8 Å². The molecule has 2 rings (SSSR count). The van der Waals surface area contributed by atoms with E-state index in [0.29, 0.717) is 15.7 Å². The number of rotatable bonds is 3. The van der Waals surface area contributed by atoms with Gasteiger partial charge in [-0.1, -0.05) is 27.5 Å². The first-order valence-electron chi connectivity index (χ1n) is 5.85. The van der Waals surface area contributed by atoms with Crippen LogP contribution in [0.2, 0.25) is 5.15 Å². The molecule has 0 fully saturated rings. The summed E-state index contributed by atoms with van der Waals surface area (Å²) in [6, 6.07) is 7.57. The van der Waals surface area contributed by atoms with Crippen LogP contribution in [0.3, 0.4) is 0 Å². The SMILES string of the molecule is Cc1cc(C(=O)Nc2ccc(Br)cc2C(=O)O)cc(Cl)n1. The van der Waals surface area contributed by atoms with E-state index in [1.807, 2.05) is 0 Å². The predicted octanol–water partition coefficient (Wildman–Crippen LogP) is 3.76. The van der Waals surface area contributed by atoms with Crippen LogP contribution in [0.5, 0.6) is 0 Å². The van der Waals surface area contributed by atoms with Gasteiger partial charge in [-0.25, -0.2) is 9.78 Å². The van der Waals surface area contributed by atoms with Gasteiger partial charge in [0.05, 0.1) is 11.3 Å². The van der Waals surface area contributed by atoms with Gasteiger partial charge in [0.2, 0.25) is 0 Å². The molecular formula is C14H10BrClN2O3. The van der Waals surface area contributed by atoms with Gasteiger partial charge >= 0.3 is 5.97 Å². The van der Waals surface area contributed by atoms with Crippen LogP contribution in [0.1, 0.15) is 26.4 Å². The molecule has 5 nitrogen and oxygen atoms in total. The number of aromatic nitrogens is 1. The van der Waals surface area contributed by atoms with Crippen molar-refractivity contribution in [1.82, 2.24) is 4.98 Å². The molecule has 1 amide bonds. The van der Waals surface area contributed by atoms with Gasteiger partial charge < -0.3 is 10.4 Å². The molecule has 0 saturated heterocycles. The molecule has 7 heteroatoms. The highest BCUT2D eigenvalue weighted by Gasteiger charge is 2.15. The number of carbonyl (C=O) groups excluding carboxylic acids is 1. The molecule has 0 aliphatic rings. The summed E-state index contributed by atoms with van der Waals surface area (Å²) in [5, 5.41) is 11.9. The van der Waals surface area contributed by atoms with E-state index in [1.54, 1.807) is 19.1 Å². The first-order valence-corrected chi connectivity index (χ1v) is 7.02. The fraction of sp³-hybridized carbons (Fsp3) is 0.0714. The van der Waals surface area contributed by atoms with Crippen molar-refractivity contribution in [2.24, 2.45) is 0 Å². The van der Waals surface area contributed by atoms with Gasteiger partial charge in [0, 0.05) is 15.7 Å². The summed E-state index contributed by atoms with van der Waals surface area (Å²) in [7, 11) is 0. The van der Waals surface area contributed by atoms with E-state index in [-0.39, 0.29) is 16.4 Å². The average Bonchev–Trinajstić information content (AvgIpc) is 2.39. The van der Waals surface area contributed by atoms with Crippen molar-refractivity contribution in [2.75, 3.05) is 5.32 Å². The maximum atomic E-state index is 12.2. The number of carboxylic acid groups (broad SMARTS) is 1. The van der Waals surface area contributed by atoms with E-state index in [2.05, 4.69) is 26.2 Å². The lowest BCUT2D eigenvalue weighted by atomic mass is 10.1. The molecule has 0 saturated carbocycles. The van der Waals surface area contributed by atoms with E-state index < -0.39 is 11.9 Å². The van der Waals surface area contributed by atoms with Crippen molar-refractivity contribution < 1.29 is 14.7 Å². The largest absolute Gasteiger partial charge is 0.478 e. The van der Waals surface area contributed by atoms with E-state index in [1.165, 1.54) is 18.2 Å². The number of carbonyl (C=O) groups is 2. The highest BCUT2D eigenvalue weighted by Crippen LogP contribution is 2.22. The van der Waals surface area contributed by atoms with Gasteiger partial charge in [-0.3, -0.25) is 4.79 Å². The summed E-state index contributed by atoms with van der Waals surface area (Å²) >= 11 is 9.00. The molecule has 1 aromatic heterocycles. The number of halogens is 2. The maximum absolute atomic E-state index is 12.2. The zero-order valence-electron chi connectivity index (χ0n) is 10.9. The molecule has 1 aromatic carbocycles. The Hall–Kier alpha value is -1.92. The lowest BCUT2D eigenvalue weighted by Gasteiger charge is -2.09. The van der Waals surface area contributed by atoms with Crippen molar-refractivity contribution in [2.45, 2.75) is 6.92 Å². The van der Waals surface area contributed by atoms with Crippen LogP contribution in [0, 0.1) is 6.92 Å². The number of anilines is 1. The standard InChI is InChI=1S/C14H10BrClN2O3/c1-7-4-8(5-12(16)17-7)13(19)18-11-3-2-9(15)6-10(11)14(20)21/h2-6H,1H3,(H,18,19)(H,20,21). The predicted molar refractivity (Wildman–Crippen MR) is 83.0 cm³/mol. The van der Waals surface area contributed by atoms with Crippen molar-refractivity contribution in [3.63, 3.8) is 0 Å². The minimum absolute atomic E-state index is 0.00500. The Labute approximate surface area is 134 Å². The average molecular weight is 370 g/mol. The molecule has 0 bridgehead atoms. The minimum Gasteiger partial charge on any atom is -0.478 e. The highest BCUT2D eigenvalue weighted by atomic mass is 79.9. The van der Waals surface area contributed by atoms with Gasteiger partial charge in [-0.15, -0.1) is 0 Å². The second-order valence-electron chi connectivity index (χ2n) is 4.27. The minimum atomic E-state index is -1.13. The summed E-state index contributed by atoms with van der Waals surface area (Å²) in [6.45, 7) is 1.71. The molecule has 2 aromatic rings. The molecule has 0 atom stereocenters. The number of aryl methyl sites for hydroxylation is 1. The van der Waals surface area contributed by atoms with Crippen LogP contribution in [0.15, 0.2) is 34.8 Å². The molecule has 2 N–H and O–H groups in total. The third kappa shape index (κ3) is 3.80. The second-order valence-corrected chi connectivity index (χ2v) is 5.57. The van der Waals surface area contributed by atoms with Crippen molar-refractivity contribution in [1.29, 1.82) is 0 Å². The summed E-state index contributed by atoms with van der Waals surface area (Å²) in [5.41, 5.74) is 1.12. The van der Waals surface area contributed by atoms with E-state index >= 15 is 0 Å². The van der Waals surface area contributed by atoms with Gasteiger partial charge in [0.1, 0.15) is 5.15 Å². The first-order chi connectivity index (χ1) is 9.86. The molecule has 0 spiro atoms. The second kappa shape index (κ2) is 6.24. The normalized spacial score (nSPS) is 10.2. The molecule has 0 radical (unpaired) electrons. The van der Waals surface area contributed by atoms with Crippen LogP contribution in [-0.2, 0) is 0 Å². The van der Waals surface area contributed by atoms with Gasteiger partial charge in [0.25, 0.3) is 5.91 Å². The number of nitrogens with one attached hydrogen (secondary N) is 1. The number of carboxylic acids is 1. The zero-order valence-corrected chi connectivity index (χ0v) is 13.2. The topological polar surface area (TPSA) is 79.3 Å². The van der Waals surface area contributed by atoms with E-state index in [4.69, 9.17) is 16.7 Å². The number of aromatic carboxylic acids is 1. The number of hydrogen-bond donors (Lipinski definition) is 2. The summed E-state index contributed by atoms with van der Waals surface area (Å²) in [5.74, 6) is -1.58. The molecule has 1 heterocycles. The summed E-state index contributed by atoms with van der Waals surface area (Å²) in [6.07, 6.45) is 0. The van der Waals surface area contributed by atoms with Gasteiger partial charge in [-0.05, 0) is 37.3 Å². The van der Waals surface area contributed by atoms with Crippen LogP contribution in [0.4, 0.5) is 5.69 Å². The fourth-order valence-electron chi connectivity index (χ4n) is 1.76. The lowest BCUT2D eigenvalue weighted by molar-refractivity contribution is 0.0698. The Kier molecular flexibility index (Phi) is 4.59. The third-order valence-electron chi connectivity index (χ3n) is 2.64. The Balaban J connectivity index is 2.33. The highest BCUT2D eigenvalue weighted by molar-refractivity contribution is 9.10. The third-order valence-corrected chi connectivity index (χ3v) is 3.33. The Morgan fingerprint density at radius 1 is 1.29 bits per heavy atom. The number of nitrogens with zero attached hydrogens (tertiary/aromatic N) is 1. The molecule has 0 aliphatic heterocycles. The smallest absolute Gasteiger partial charge is 0.337 e. The van der Waals surface area contributed by atoms with E-state index in [9.17, 15) is 9.59 Å². The number of amides is 1. The molecule has 21 heavy (non-hydrogen) atoms. The van der Waals surface area contributed by atoms with Crippen LogP contribution >= 0.6 is 27.5 Å².